The third kappa shape index (κ3) is 3.33. The van der Waals surface area contributed by atoms with Crippen molar-refractivity contribution in [1.82, 2.24) is 29.3 Å². The van der Waals surface area contributed by atoms with Crippen molar-refractivity contribution in [1.29, 1.82) is 0 Å². The van der Waals surface area contributed by atoms with Gasteiger partial charge in [0, 0.05) is 25.5 Å². The van der Waals surface area contributed by atoms with Gasteiger partial charge in [0.05, 0.1) is 21.8 Å². The number of hydrogen-bond donors (Lipinski definition) is 1. The fraction of sp³-hybridized carbons (Fsp3) is 0.435. The molecule has 0 amide bonds. The van der Waals surface area contributed by atoms with Gasteiger partial charge in [0.1, 0.15) is 6.61 Å². The van der Waals surface area contributed by atoms with E-state index < -0.39 is 0 Å². The second kappa shape index (κ2) is 7.98. The van der Waals surface area contributed by atoms with Crippen LogP contribution in [-0.4, -0.2) is 36.4 Å². The quantitative estimate of drug-likeness (QED) is 0.495. The Morgan fingerprint density at radius 2 is 1.81 bits per heavy atom. The average molecular weight is 435 g/mol. The van der Waals surface area contributed by atoms with Gasteiger partial charge in [0.15, 0.2) is 5.82 Å². The summed E-state index contributed by atoms with van der Waals surface area (Å²) < 4.78 is 8.23. The van der Waals surface area contributed by atoms with Crippen molar-refractivity contribution >= 4 is 21.8 Å². The van der Waals surface area contributed by atoms with E-state index >= 15 is 0 Å². The lowest BCUT2D eigenvalue weighted by molar-refractivity contribution is 0.178. The van der Waals surface area contributed by atoms with Crippen molar-refractivity contribution in [3.05, 3.63) is 57.1 Å². The first-order valence-electron chi connectivity index (χ1n) is 11.0. The first-order chi connectivity index (χ1) is 15.5. The van der Waals surface area contributed by atoms with Gasteiger partial charge in [0.25, 0.3) is 17.1 Å². The number of ether oxygens (including phenoxy) is 1. The van der Waals surface area contributed by atoms with Gasteiger partial charge in [-0.25, -0.2) is 9.55 Å². The monoisotopic (exact) mass is 434 g/mol. The average Bonchev–Trinajstić information content (AvgIpc) is 3.24. The molecule has 32 heavy (non-hydrogen) atoms. The number of nitrogens with one attached hydrogen (secondary N) is 1. The Labute approximate surface area is 184 Å². The van der Waals surface area contributed by atoms with Gasteiger partial charge in [-0.15, -0.1) is 5.10 Å². The van der Waals surface area contributed by atoms with Crippen molar-refractivity contribution in [2.45, 2.75) is 45.8 Å². The maximum Gasteiger partial charge on any atom is 0.267 e. The molecule has 0 saturated heterocycles. The van der Waals surface area contributed by atoms with Crippen LogP contribution in [-0.2, 0) is 11.3 Å². The van der Waals surface area contributed by atoms with Crippen LogP contribution in [0.5, 0.6) is 0 Å². The highest BCUT2D eigenvalue weighted by atomic mass is 16.5. The van der Waals surface area contributed by atoms with Crippen molar-refractivity contribution in [3.8, 4) is 5.95 Å². The predicted molar refractivity (Wildman–Crippen MR) is 121 cm³/mol. The van der Waals surface area contributed by atoms with Crippen LogP contribution in [0.15, 0.2) is 40.2 Å². The van der Waals surface area contributed by atoms with Gasteiger partial charge in [-0.2, -0.15) is 4.98 Å². The van der Waals surface area contributed by atoms with E-state index in [0.29, 0.717) is 39.5 Å². The molecule has 4 heterocycles. The number of H-pyrrole nitrogens is 1. The standard InChI is InChI=1S/C23H26N6O3/c1-13-5-4-6-19(14(13)2)28-9-7-17-15(21(28)30)11-16-18(24-17)8-10-29(22(16)31)23-25-20(12-32-3)26-27-23/h7-11,13-14,19H,4-6,12H2,1-3H3,(H,25,26,27). The van der Waals surface area contributed by atoms with Crippen molar-refractivity contribution < 1.29 is 4.74 Å². The first kappa shape index (κ1) is 20.6. The Kier molecular flexibility index (Phi) is 5.13. The molecule has 1 saturated carbocycles. The zero-order valence-corrected chi connectivity index (χ0v) is 18.4. The zero-order chi connectivity index (χ0) is 22.4. The lowest BCUT2D eigenvalue weighted by Crippen LogP contribution is -2.33. The highest BCUT2D eigenvalue weighted by molar-refractivity contribution is 5.91. The van der Waals surface area contributed by atoms with Crippen LogP contribution in [0.3, 0.4) is 0 Å². The molecule has 0 radical (unpaired) electrons. The molecule has 3 unspecified atom stereocenters. The highest BCUT2D eigenvalue weighted by Crippen LogP contribution is 2.37. The minimum absolute atomic E-state index is 0.0991. The van der Waals surface area contributed by atoms with Gasteiger partial charge in [0.2, 0.25) is 0 Å². The highest BCUT2D eigenvalue weighted by Gasteiger charge is 2.29. The van der Waals surface area contributed by atoms with Crippen LogP contribution in [0, 0.1) is 11.8 Å². The number of pyridine rings is 3. The summed E-state index contributed by atoms with van der Waals surface area (Å²) in [5, 5.41) is 7.67. The van der Waals surface area contributed by atoms with Crippen LogP contribution >= 0.6 is 0 Å². The molecule has 166 valence electrons. The van der Waals surface area contributed by atoms with E-state index in [9.17, 15) is 9.59 Å². The molecule has 9 nitrogen and oxygen atoms in total. The number of aromatic nitrogens is 6. The van der Waals surface area contributed by atoms with Crippen molar-refractivity contribution in [2.75, 3.05) is 7.11 Å². The summed E-state index contributed by atoms with van der Waals surface area (Å²) in [5.41, 5.74) is 0.697. The van der Waals surface area contributed by atoms with E-state index in [4.69, 9.17) is 4.74 Å². The van der Waals surface area contributed by atoms with Gasteiger partial charge in [-0.3, -0.25) is 14.7 Å². The van der Waals surface area contributed by atoms with Crippen LogP contribution in [0.1, 0.15) is 45.0 Å². The summed E-state index contributed by atoms with van der Waals surface area (Å²) in [6, 6.07) is 5.43. The van der Waals surface area contributed by atoms with Gasteiger partial charge >= 0.3 is 0 Å². The third-order valence-corrected chi connectivity index (χ3v) is 6.81. The lowest BCUT2D eigenvalue weighted by atomic mass is 9.78. The number of methoxy groups -OCH3 is 1. The first-order valence-corrected chi connectivity index (χ1v) is 11.0. The Balaban J connectivity index is 1.65. The van der Waals surface area contributed by atoms with E-state index in [0.717, 1.165) is 12.8 Å². The molecule has 5 rings (SSSR count). The molecular weight excluding hydrogens is 408 g/mol. The number of aromatic amines is 1. The molecule has 0 aliphatic heterocycles. The fourth-order valence-electron chi connectivity index (χ4n) is 4.80. The Morgan fingerprint density at radius 1 is 1.06 bits per heavy atom. The summed E-state index contributed by atoms with van der Waals surface area (Å²) in [6.07, 6.45) is 6.74. The Morgan fingerprint density at radius 3 is 2.59 bits per heavy atom. The zero-order valence-electron chi connectivity index (χ0n) is 18.4. The normalized spacial score (nSPS) is 21.4. The molecule has 0 aromatic carbocycles. The van der Waals surface area contributed by atoms with Gasteiger partial charge < -0.3 is 9.30 Å². The smallest absolute Gasteiger partial charge is 0.267 e. The molecule has 3 atom stereocenters. The largest absolute Gasteiger partial charge is 0.377 e. The fourth-order valence-corrected chi connectivity index (χ4v) is 4.80. The lowest BCUT2D eigenvalue weighted by Gasteiger charge is -2.35. The topological polar surface area (TPSA) is 108 Å². The van der Waals surface area contributed by atoms with Crippen molar-refractivity contribution in [2.24, 2.45) is 11.8 Å². The summed E-state index contributed by atoms with van der Waals surface area (Å²) in [6.45, 7) is 4.73. The van der Waals surface area contributed by atoms with E-state index in [1.807, 2.05) is 16.8 Å². The molecule has 0 spiro atoms. The van der Waals surface area contributed by atoms with Crippen LogP contribution in [0.2, 0.25) is 0 Å². The second-order valence-corrected chi connectivity index (χ2v) is 8.72. The maximum atomic E-state index is 13.4. The molecule has 1 aliphatic carbocycles. The van der Waals surface area contributed by atoms with E-state index in [1.165, 1.54) is 11.0 Å². The minimum Gasteiger partial charge on any atom is -0.377 e. The second-order valence-electron chi connectivity index (χ2n) is 8.72. The molecule has 9 heteroatoms. The van der Waals surface area contributed by atoms with E-state index in [-0.39, 0.29) is 29.7 Å². The molecule has 1 aliphatic rings. The molecule has 0 bridgehead atoms. The Bertz CT molecular complexity index is 1420. The summed E-state index contributed by atoms with van der Waals surface area (Å²) in [4.78, 5) is 35.5. The SMILES string of the molecule is COCc1nc(-n2ccc3nc4ccn(C5CCCC(C)C5C)c(=O)c4cc3c2=O)n[nH]1. The van der Waals surface area contributed by atoms with Gasteiger partial charge in [-0.05, 0) is 36.5 Å². The van der Waals surface area contributed by atoms with Crippen LogP contribution in [0.25, 0.3) is 27.8 Å². The summed E-state index contributed by atoms with van der Waals surface area (Å²) >= 11 is 0. The van der Waals surface area contributed by atoms with E-state index in [2.05, 4.69) is 34.0 Å². The Hall–Kier alpha value is -3.33. The molecule has 4 aromatic rings. The molecule has 4 aromatic heterocycles. The number of fused-ring (bicyclic) bond motifs is 2. The summed E-state index contributed by atoms with van der Waals surface area (Å²) in [5.74, 6) is 1.73. The predicted octanol–water partition coefficient (Wildman–Crippen LogP) is 2.96. The number of nitrogens with zero attached hydrogens (tertiary/aromatic N) is 5. The summed E-state index contributed by atoms with van der Waals surface area (Å²) in [7, 11) is 1.56. The van der Waals surface area contributed by atoms with Crippen LogP contribution < -0.4 is 11.1 Å². The number of rotatable bonds is 4. The molecule has 1 N–H and O–H groups in total. The molecule has 1 fully saturated rings. The van der Waals surface area contributed by atoms with E-state index in [1.54, 1.807) is 25.4 Å². The van der Waals surface area contributed by atoms with Crippen LogP contribution in [0.4, 0.5) is 0 Å². The van der Waals surface area contributed by atoms with Crippen molar-refractivity contribution in [3.63, 3.8) is 0 Å². The number of hydrogen-bond acceptors (Lipinski definition) is 6. The third-order valence-electron chi connectivity index (χ3n) is 6.81. The minimum atomic E-state index is -0.325. The van der Waals surface area contributed by atoms with Gasteiger partial charge in [-0.1, -0.05) is 26.7 Å². The molecular formula is C23H26N6O3. The maximum absolute atomic E-state index is 13.4.